The van der Waals surface area contributed by atoms with E-state index in [9.17, 15) is 15.0 Å². The van der Waals surface area contributed by atoms with Crippen LogP contribution in [-0.2, 0) is 4.79 Å². The largest absolute Gasteiger partial charge is 0.392 e. The van der Waals surface area contributed by atoms with Gasteiger partial charge in [-0.3, -0.25) is 4.79 Å². The first-order chi connectivity index (χ1) is 10.6. The van der Waals surface area contributed by atoms with Gasteiger partial charge in [0, 0.05) is 23.2 Å². The number of rotatable bonds is 0. The Bertz CT molecular complexity index is 652. The van der Waals surface area contributed by atoms with Crippen LogP contribution in [0.25, 0.3) is 0 Å². The predicted molar refractivity (Wildman–Crippen MR) is 88.7 cm³/mol. The van der Waals surface area contributed by atoms with Gasteiger partial charge in [0.15, 0.2) is 0 Å². The molecule has 23 heavy (non-hydrogen) atoms. The molecule has 0 aromatic heterocycles. The Balaban J connectivity index is 1.88. The van der Waals surface area contributed by atoms with Crippen molar-refractivity contribution in [3.05, 3.63) is 22.8 Å². The second-order valence-electron chi connectivity index (χ2n) is 9.34. The summed E-state index contributed by atoms with van der Waals surface area (Å²) >= 11 is 0. The lowest BCUT2D eigenvalue weighted by atomic mass is 9.68. The van der Waals surface area contributed by atoms with Crippen molar-refractivity contribution in [3.63, 3.8) is 0 Å². The molecule has 2 fully saturated rings. The van der Waals surface area contributed by atoms with E-state index < -0.39 is 11.7 Å². The molecule has 0 unspecified atom stereocenters. The molecule has 2 saturated carbocycles. The van der Waals surface area contributed by atoms with Crippen LogP contribution in [0.1, 0.15) is 59.8 Å². The summed E-state index contributed by atoms with van der Waals surface area (Å²) in [5.41, 5.74) is 2.44. The third-order valence-electron chi connectivity index (χ3n) is 7.48. The highest BCUT2D eigenvalue weighted by Gasteiger charge is 2.60. The molecule has 0 saturated heterocycles. The van der Waals surface area contributed by atoms with Crippen molar-refractivity contribution in [2.45, 2.75) is 71.5 Å². The number of allylic oxidation sites excluding steroid dienone is 3. The molecule has 0 amide bonds. The molecule has 0 aromatic carbocycles. The van der Waals surface area contributed by atoms with Crippen LogP contribution in [0.2, 0.25) is 0 Å². The highest BCUT2D eigenvalue weighted by atomic mass is 16.3. The molecule has 5 atom stereocenters. The van der Waals surface area contributed by atoms with Gasteiger partial charge in [-0.15, -0.1) is 0 Å². The standard InChI is InChI=1S/C20H28O3/c1-11-13-7-16(22)18(2,3)17(13)15(21)9-20-8-12(5-6-14(11)20)19(4,23)10-20/h6,12,16-17,22-23H,5,7-10H2,1-4H3/t12-,16+,17+,19-,20-/m1/s1. The Morgan fingerprint density at radius 1 is 1.26 bits per heavy atom. The molecule has 2 bridgehead atoms. The van der Waals surface area contributed by atoms with Crippen molar-refractivity contribution in [2.75, 3.05) is 0 Å². The molecule has 0 aromatic rings. The average molecular weight is 316 g/mol. The Morgan fingerprint density at radius 2 is 1.96 bits per heavy atom. The second-order valence-corrected chi connectivity index (χ2v) is 9.34. The Hall–Kier alpha value is -0.930. The van der Waals surface area contributed by atoms with E-state index in [1.807, 2.05) is 20.8 Å². The highest BCUT2D eigenvalue weighted by Crippen LogP contribution is 2.63. The van der Waals surface area contributed by atoms with Crippen LogP contribution in [-0.4, -0.2) is 27.7 Å². The van der Waals surface area contributed by atoms with E-state index in [1.165, 1.54) is 11.1 Å². The van der Waals surface area contributed by atoms with Crippen molar-refractivity contribution in [1.29, 1.82) is 0 Å². The van der Waals surface area contributed by atoms with Gasteiger partial charge < -0.3 is 10.2 Å². The smallest absolute Gasteiger partial charge is 0.141 e. The van der Waals surface area contributed by atoms with Crippen molar-refractivity contribution < 1.29 is 15.0 Å². The predicted octanol–water partition coefficient (Wildman–Crippen LogP) is 3.16. The number of hydrogen-bond donors (Lipinski definition) is 2. The zero-order valence-corrected chi connectivity index (χ0v) is 14.6. The van der Waals surface area contributed by atoms with E-state index in [1.54, 1.807) is 0 Å². The van der Waals surface area contributed by atoms with Gasteiger partial charge in [-0.05, 0) is 56.6 Å². The molecule has 0 aliphatic heterocycles. The highest BCUT2D eigenvalue weighted by molar-refractivity contribution is 5.88. The summed E-state index contributed by atoms with van der Waals surface area (Å²) in [5, 5.41) is 21.3. The topological polar surface area (TPSA) is 57.5 Å². The van der Waals surface area contributed by atoms with Crippen molar-refractivity contribution in [3.8, 4) is 0 Å². The van der Waals surface area contributed by atoms with E-state index >= 15 is 0 Å². The number of aliphatic hydroxyl groups is 2. The third-order valence-corrected chi connectivity index (χ3v) is 7.48. The van der Waals surface area contributed by atoms with Crippen molar-refractivity contribution in [2.24, 2.45) is 22.7 Å². The van der Waals surface area contributed by atoms with E-state index in [2.05, 4.69) is 13.0 Å². The van der Waals surface area contributed by atoms with Gasteiger partial charge in [-0.2, -0.15) is 0 Å². The van der Waals surface area contributed by atoms with Crippen LogP contribution in [0.5, 0.6) is 0 Å². The van der Waals surface area contributed by atoms with Crippen molar-refractivity contribution >= 4 is 5.78 Å². The minimum atomic E-state index is -0.669. The maximum absolute atomic E-state index is 13.2. The summed E-state index contributed by atoms with van der Waals surface area (Å²) in [5.74, 6) is 0.374. The van der Waals surface area contributed by atoms with Crippen LogP contribution >= 0.6 is 0 Å². The third kappa shape index (κ3) is 1.87. The minimum absolute atomic E-state index is 0.164. The molecule has 3 nitrogen and oxygen atoms in total. The average Bonchev–Trinajstić information content (AvgIpc) is 2.74. The maximum atomic E-state index is 13.2. The van der Waals surface area contributed by atoms with Gasteiger partial charge in [0.2, 0.25) is 0 Å². The maximum Gasteiger partial charge on any atom is 0.141 e. The lowest BCUT2D eigenvalue weighted by Crippen LogP contribution is -2.36. The first-order valence-electron chi connectivity index (χ1n) is 8.92. The normalized spacial score (nSPS) is 48.0. The zero-order valence-electron chi connectivity index (χ0n) is 14.6. The second kappa shape index (κ2) is 4.37. The SMILES string of the molecule is CC1=C2C[C@H](O)C(C)(C)[C@@H]2C(=O)C[C@@]23C[C@@H](CC=C12)[C@](C)(O)C3. The zero-order chi connectivity index (χ0) is 16.8. The summed E-state index contributed by atoms with van der Waals surface area (Å²) in [6, 6.07) is 0. The fraction of sp³-hybridized carbons (Fsp3) is 0.750. The van der Waals surface area contributed by atoms with Crippen molar-refractivity contribution in [1.82, 2.24) is 0 Å². The number of hydrogen-bond acceptors (Lipinski definition) is 3. The molecule has 4 aliphatic rings. The Labute approximate surface area is 138 Å². The fourth-order valence-corrected chi connectivity index (χ4v) is 6.21. The van der Waals surface area contributed by atoms with E-state index in [0.717, 1.165) is 18.4 Å². The molecule has 0 radical (unpaired) electrons. The van der Waals surface area contributed by atoms with E-state index in [4.69, 9.17) is 0 Å². The van der Waals surface area contributed by atoms with E-state index in [-0.39, 0.29) is 28.4 Å². The molecule has 3 heteroatoms. The molecule has 126 valence electrons. The van der Waals surface area contributed by atoms with Gasteiger partial charge in [0.1, 0.15) is 5.78 Å². The Morgan fingerprint density at radius 3 is 2.65 bits per heavy atom. The van der Waals surface area contributed by atoms with Crippen LogP contribution < -0.4 is 0 Å². The molecule has 2 N–H and O–H groups in total. The van der Waals surface area contributed by atoms with Gasteiger partial charge in [0.05, 0.1) is 11.7 Å². The summed E-state index contributed by atoms with van der Waals surface area (Å²) < 4.78 is 0. The molecule has 4 rings (SSSR count). The summed E-state index contributed by atoms with van der Waals surface area (Å²) in [4.78, 5) is 13.2. The number of aliphatic hydroxyl groups excluding tert-OH is 1. The lowest BCUT2D eigenvalue weighted by molar-refractivity contribution is -0.127. The van der Waals surface area contributed by atoms with Crippen LogP contribution in [0.4, 0.5) is 0 Å². The lowest BCUT2D eigenvalue weighted by Gasteiger charge is -2.35. The number of Topliss-reactive ketones (excluding diaryl/α,β-unsaturated/α-hetero) is 1. The summed E-state index contributed by atoms with van der Waals surface area (Å²) in [6.07, 6.45) is 5.50. The fourth-order valence-electron chi connectivity index (χ4n) is 6.21. The number of ketones is 1. The number of carbonyl (C=O) groups excluding carboxylic acids is 1. The summed E-state index contributed by atoms with van der Waals surface area (Å²) in [6.45, 7) is 8.12. The van der Waals surface area contributed by atoms with Gasteiger partial charge in [-0.25, -0.2) is 0 Å². The first-order valence-corrected chi connectivity index (χ1v) is 8.92. The quantitative estimate of drug-likeness (QED) is 0.722. The van der Waals surface area contributed by atoms with E-state index in [0.29, 0.717) is 19.3 Å². The van der Waals surface area contributed by atoms with Gasteiger partial charge in [0.25, 0.3) is 0 Å². The molecular formula is C20H28O3. The monoisotopic (exact) mass is 316 g/mol. The number of carbonyl (C=O) groups is 1. The van der Waals surface area contributed by atoms with Gasteiger partial charge >= 0.3 is 0 Å². The first kappa shape index (κ1) is 15.6. The molecule has 0 heterocycles. The van der Waals surface area contributed by atoms with Gasteiger partial charge in [-0.1, -0.05) is 25.5 Å². The summed E-state index contributed by atoms with van der Waals surface area (Å²) in [7, 11) is 0. The van der Waals surface area contributed by atoms with Crippen LogP contribution in [0, 0.1) is 22.7 Å². The molecule has 1 spiro atoms. The molecule has 4 aliphatic carbocycles. The molecular weight excluding hydrogens is 288 g/mol. The van der Waals surface area contributed by atoms with Crippen LogP contribution in [0.3, 0.4) is 0 Å². The number of fused-ring (bicyclic) bond motifs is 2. The minimum Gasteiger partial charge on any atom is -0.392 e. The van der Waals surface area contributed by atoms with Crippen LogP contribution in [0.15, 0.2) is 22.8 Å². The Kier molecular flexibility index (Phi) is 2.96.